The molecule has 2 aromatic rings. The van der Waals surface area contributed by atoms with E-state index >= 15 is 0 Å². The number of carbonyl (C=O) groups is 2. The Morgan fingerprint density at radius 3 is 2.71 bits per heavy atom. The van der Waals surface area contributed by atoms with E-state index in [-0.39, 0.29) is 17.7 Å². The molecule has 0 radical (unpaired) electrons. The molecule has 1 fully saturated rings. The summed E-state index contributed by atoms with van der Waals surface area (Å²) >= 11 is 0. The number of hydrogen-bond acceptors (Lipinski definition) is 2. The fourth-order valence-electron chi connectivity index (χ4n) is 3.04. The molecule has 1 aromatic carbocycles. The third-order valence-electron chi connectivity index (χ3n) is 4.40. The molecule has 5 nitrogen and oxygen atoms in total. The first-order valence-electron chi connectivity index (χ1n) is 7.16. The number of carboxylic acids is 1. The summed E-state index contributed by atoms with van der Waals surface area (Å²) in [6.45, 7) is 0.428. The molecule has 3 rings (SSSR count). The molecule has 1 aliphatic rings. The minimum atomic E-state index is -0.795. The molecule has 1 amide bonds. The van der Waals surface area contributed by atoms with Crippen molar-refractivity contribution in [2.24, 2.45) is 5.41 Å². The Balaban J connectivity index is 1.70. The highest BCUT2D eigenvalue weighted by atomic mass is 16.4. The average Bonchev–Trinajstić information content (AvgIpc) is 2.85. The highest BCUT2D eigenvalue weighted by Gasteiger charge is 2.39. The smallest absolute Gasteiger partial charge is 0.303 e. The maximum atomic E-state index is 12.3. The van der Waals surface area contributed by atoms with Gasteiger partial charge in [-0.15, -0.1) is 0 Å². The van der Waals surface area contributed by atoms with Crippen LogP contribution in [0, 0.1) is 5.41 Å². The standard InChI is InChI=1S/C16H18N2O3/c19-14(20)8-16(6-3-7-16)10-18-15(21)12-9-17-13-5-2-1-4-11(12)13/h1-2,4-5,9,17H,3,6-8,10H2,(H,18,21)(H,19,20). The Hall–Kier alpha value is -2.30. The number of para-hydroxylation sites is 1. The Labute approximate surface area is 122 Å². The number of rotatable bonds is 5. The van der Waals surface area contributed by atoms with Crippen molar-refractivity contribution in [2.75, 3.05) is 6.54 Å². The highest BCUT2D eigenvalue weighted by molar-refractivity contribution is 6.06. The average molecular weight is 286 g/mol. The summed E-state index contributed by atoms with van der Waals surface area (Å²) in [6.07, 6.45) is 4.60. The van der Waals surface area contributed by atoms with Gasteiger partial charge in [-0.2, -0.15) is 0 Å². The predicted molar refractivity (Wildman–Crippen MR) is 79.2 cm³/mol. The largest absolute Gasteiger partial charge is 0.481 e. The Kier molecular flexibility index (Phi) is 3.41. The molecule has 1 heterocycles. The van der Waals surface area contributed by atoms with Crippen molar-refractivity contribution in [1.82, 2.24) is 10.3 Å². The molecule has 1 aliphatic carbocycles. The van der Waals surface area contributed by atoms with E-state index in [1.807, 2.05) is 24.3 Å². The fourth-order valence-corrected chi connectivity index (χ4v) is 3.04. The molecule has 21 heavy (non-hydrogen) atoms. The number of hydrogen-bond donors (Lipinski definition) is 3. The van der Waals surface area contributed by atoms with Gasteiger partial charge in [-0.05, 0) is 24.3 Å². The summed E-state index contributed by atoms with van der Waals surface area (Å²) < 4.78 is 0. The molecule has 1 saturated carbocycles. The van der Waals surface area contributed by atoms with Gasteiger partial charge in [0.2, 0.25) is 0 Å². The molecular weight excluding hydrogens is 268 g/mol. The summed E-state index contributed by atoms with van der Waals surface area (Å²) in [5, 5.41) is 12.8. The first kappa shape index (κ1) is 13.7. The van der Waals surface area contributed by atoms with E-state index in [4.69, 9.17) is 5.11 Å². The lowest BCUT2D eigenvalue weighted by Crippen LogP contribution is -2.43. The van der Waals surface area contributed by atoms with Crippen LogP contribution in [0.15, 0.2) is 30.5 Å². The van der Waals surface area contributed by atoms with Gasteiger partial charge in [-0.1, -0.05) is 24.6 Å². The second-order valence-electron chi connectivity index (χ2n) is 5.85. The Bertz CT molecular complexity index is 686. The molecule has 110 valence electrons. The van der Waals surface area contributed by atoms with Crippen LogP contribution in [-0.2, 0) is 4.79 Å². The summed E-state index contributed by atoms with van der Waals surface area (Å²) in [5.41, 5.74) is 1.27. The van der Waals surface area contributed by atoms with E-state index in [1.54, 1.807) is 6.20 Å². The number of aliphatic carboxylic acids is 1. The van der Waals surface area contributed by atoms with Gasteiger partial charge < -0.3 is 15.4 Å². The van der Waals surface area contributed by atoms with Crippen LogP contribution < -0.4 is 5.32 Å². The van der Waals surface area contributed by atoms with Gasteiger partial charge in [-0.3, -0.25) is 9.59 Å². The molecular formula is C16H18N2O3. The minimum Gasteiger partial charge on any atom is -0.481 e. The zero-order valence-electron chi connectivity index (χ0n) is 11.7. The lowest BCUT2D eigenvalue weighted by molar-refractivity contribution is -0.141. The van der Waals surface area contributed by atoms with Gasteiger partial charge in [-0.25, -0.2) is 0 Å². The predicted octanol–water partition coefficient (Wildman–Crippen LogP) is 2.54. The second kappa shape index (κ2) is 5.24. The number of nitrogens with one attached hydrogen (secondary N) is 2. The monoisotopic (exact) mass is 286 g/mol. The maximum absolute atomic E-state index is 12.3. The quantitative estimate of drug-likeness (QED) is 0.790. The Morgan fingerprint density at radius 2 is 2.05 bits per heavy atom. The highest BCUT2D eigenvalue weighted by Crippen LogP contribution is 2.43. The molecule has 3 N–H and O–H groups in total. The van der Waals surface area contributed by atoms with E-state index in [1.165, 1.54) is 0 Å². The minimum absolute atomic E-state index is 0.126. The molecule has 0 aliphatic heterocycles. The van der Waals surface area contributed by atoms with Gasteiger partial charge in [0.25, 0.3) is 5.91 Å². The lowest BCUT2D eigenvalue weighted by Gasteiger charge is -2.40. The van der Waals surface area contributed by atoms with Crippen molar-refractivity contribution in [3.63, 3.8) is 0 Å². The Morgan fingerprint density at radius 1 is 1.29 bits per heavy atom. The number of H-pyrrole nitrogens is 1. The zero-order chi connectivity index (χ0) is 14.9. The van der Waals surface area contributed by atoms with Crippen molar-refractivity contribution in [2.45, 2.75) is 25.7 Å². The number of benzene rings is 1. The van der Waals surface area contributed by atoms with E-state index in [9.17, 15) is 9.59 Å². The van der Waals surface area contributed by atoms with E-state index in [0.717, 1.165) is 30.2 Å². The van der Waals surface area contributed by atoms with Crippen LogP contribution in [0.5, 0.6) is 0 Å². The number of carboxylic acid groups (broad SMARTS) is 1. The number of aromatic amines is 1. The summed E-state index contributed by atoms with van der Waals surface area (Å²) in [7, 11) is 0. The molecule has 0 bridgehead atoms. The van der Waals surface area contributed by atoms with Crippen molar-refractivity contribution in [3.05, 3.63) is 36.0 Å². The van der Waals surface area contributed by atoms with Gasteiger partial charge in [0.1, 0.15) is 0 Å². The van der Waals surface area contributed by atoms with Crippen molar-refractivity contribution < 1.29 is 14.7 Å². The summed E-state index contributed by atoms with van der Waals surface area (Å²) in [5.74, 6) is -0.944. The van der Waals surface area contributed by atoms with Crippen LogP contribution in [0.2, 0.25) is 0 Å². The van der Waals surface area contributed by atoms with Gasteiger partial charge in [0.15, 0.2) is 0 Å². The van der Waals surface area contributed by atoms with Crippen LogP contribution >= 0.6 is 0 Å². The van der Waals surface area contributed by atoms with Gasteiger partial charge in [0, 0.05) is 23.6 Å². The van der Waals surface area contributed by atoms with E-state index in [0.29, 0.717) is 12.1 Å². The van der Waals surface area contributed by atoms with Crippen LogP contribution in [0.3, 0.4) is 0 Å². The summed E-state index contributed by atoms with van der Waals surface area (Å²) in [6, 6.07) is 7.63. The van der Waals surface area contributed by atoms with Crippen LogP contribution in [0.1, 0.15) is 36.0 Å². The van der Waals surface area contributed by atoms with Crippen molar-refractivity contribution in [1.29, 1.82) is 0 Å². The number of carbonyl (C=O) groups excluding carboxylic acids is 1. The SMILES string of the molecule is O=C(O)CC1(CNC(=O)c2c[nH]c3ccccc23)CCC1. The van der Waals surface area contributed by atoms with Crippen molar-refractivity contribution >= 4 is 22.8 Å². The summed E-state index contributed by atoms with van der Waals surface area (Å²) in [4.78, 5) is 26.3. The molecule has 0 atom stereocenters. The number of amides is 1. The van der Waals surface area contributed by atoms with E-state index in [2.05, 4.69) is 10.3 Å². The molecule has 0 saturated heterocycles. The zero-order valence-corrected chi connectivity index (χ0v) is 11.7. The number of fused-ring (bicyclic) bond motifs is 1. The first-order valence-corrected chi connectivity index (χ1v) is 7.16. The van der Waals surface area contributed by atoms with E-state index < -0.39 is 5.97 Å². The molecule has 5 heteroatoms. The molecule has 0 unspecified atom stereocenters. The topological polar surface area (TPSA) is 82.2 Å². The third kappa shape index (κ3) is 2.63. The maximum Gasteiger partial charge on any atom is 0.303 e. The first-order chi connectivity index (χ1) is 10.1. The van der Waals surface area contributed by atoms with Gasteiger partial charge in [0.05, 0.1) is 12.0 Å². The number of aromatic nitrogens is 1. The molecule has 0 spiro atoms. The lowest BCUT2D eigenvalue weighted by atomic mass is 9.66. The molecule has 1 aromatic heterocycles. The van der Waals surface area contributed by atoms with Crippen LogP contribution in [0.4, 0.5) is 0 Å². The fraction of sp³-hybridized carbons (Fsp3) is 0.375. The van der Waals surface area contributed by atoms with Crippen LogP contribution in [-0.4, -0.2) is 28.5 Å². The van der Waals surface area contributed by atoms with Crippen LogP contribution in [0.25, 0.3) is 10.9 Å². The third-order valence-corrected chi connectivity index (χ3v) is 4.40. The second-order valence-corrected chi connectivity index (χ2v) is 5.85. The van der Waals surface area contributed by atoms with Gasteiger partial charge >= 0.3 is 5.97 Å². The normalized spacial score (nSPS) is 16.4. The van der Waals surface area contributed by atoms with Crippen molar-refractivity contribution in [3.8, 4) is 0 Å².